The van der Waals surface area contributed by atoms with Gasteiger partial charge in [0.05, 0.1) is 10.0 Å². The molecule has 1 amide bonds. The highest BCUT2D eigenvalue weighted by Gasteiger charge is 2.36. The van der Waals surface area contributed by atoms with Gasteiger partial charge in [0.15, 0.2) is 0 Å². The summed E-state index contributed by atoms with van der Waals surface area (Å²) in [5.74, 6) is 0.701. The van der Waals surface area contributed by atoms with Crippen LogP contribution < -0.4 is 0 Å². The Kier molecular flexibility index (Phi) is 5.10. The number of piperidine rings is 1. The van der Waals surface area contributed by atoms with Crippen LogP contribution in [0, 0.1) is 5.92 Å². The summed E-state index contributed by atoms with van der Waals surface area (Å²) in [5.41, 5.74) is 1.05. The van der Waals surface area contributed by atoms with E-state index in [0.717, 1.165) is 44.2 Å². The molecule has 4 heteroatoms. The molecule has 2 nitrogen and oxygen atoms in total. The summed E-state index contributed by atoms with van der Waals surface area (Å²) in [6.07, 6.45) is 10.8. The average Bonchev–Trinajstić information content (AvgIpc) is 3.35. The van der Waals surface area contributed by atoms with Crippen molar-refractivity contribution in [3.8, 4) is 0 Å². The predicted octanol–water partition coefficient (Wildman–Crippen LogP) is 5.19. The highest BCUT2D eigenvalue weighted by Crippen LogP contribution is 2.34. The van der Waals surface area contributed by atoms with Crippen molar-refractivity contribution in [2.24, 2.45) is 5.92 Å². The minimum Gasteiger partial charge on any atom is -0.339 e. The number of halogens is 2. The van der Waals surface area contributed by atoms with Crippen LogP contribution in [0.3, 0.4) is 0 Å². The molecule has 1 aliphatic heterocycles. The number of nitrogens with zero attached hydrogens (tertiary/aromatic N) is 1. The summed E-state index contributed by atoms with van der Waals surface area (Å²) >= 11 is 12.0. The number of hydrogen-bond acceptors (Lipinski definition) is 1. The summed E-state index contributed by atoms with van der Waals surface area (Å²) in [6.45, 7) is 0.931. The van der Waals surface area contributed by atoms with Gasteiger partial charge in [0, 0.05) is 18.5 Å². The van der Waals surface area contributed by atoms with Crippen LogP contribution in [0.4, 0.5) is 0 Å². The summed E-state index contributed by atoms with van der Waals surface area (Å²) in [6, 6.07) is 6.00. The number of carbonyl (C=O) groups excluding carboxylic acids is 1. The first-order valence-corrected chi connectivity index (χ1v) is 8.83. The molecule has 0 radical (unpaired) electrons. The third-order valence-electron chi connectivity index (χ3n) is 4.50. The number of rotatable bonds is 4. The molecule has 0 N–H and O–H groups in total. The number of hydrogen-bond donors (Lipinski definition) is 0. The van der Waals surface area contributed by atoms with E-state index in [0.29, 0.717) is 27.9 Å². The molecule has 1 saturated carbocycles. The molecule has 118 valence electrons. The van der Waals surface area contributed by atoms with Crippen LogP contribution in [0.1, 0.15) is 44.1 Å². The zero-order valence-electron chi connectivity index (χ0n) is 12.6. The molecule has 1 atom stereocenters. The maximum atomic E-state index is 12.4. The molecule has 3 rings (SSSR count). The van der Waals surface area contributed by atoms with E-state index in [2.05, 4.69) is 17.1 Å². The summed E-state index contributed by atoms with van der Waals surface area (Å²) in [5, 5.41) is 1.15. The fraction of sp³-hybridized carbons (Fsp3) is 0.500. The minimum atomic E-state index is 0.319. The number of carbonyl (C=O) groups is 1. The molecule has 1 aromatic rings. The van der Waals surface area contributed by atoms with Crippen molar-refractivity contribution in [3.63, 3.8) is 0 Å². The molecule has 0 aromatic heterocycles. The zero-order valence-corrected chi connectivity index (χ0v) is 14.1. The lowest BCUT2D eigenvalue weighted by Gasteiger charge is -2.35. The average molecular weight is 338 g/mol. The van der Waals surface area contributed by atoms with Crippen molar-refractivity contribution in [2.75, 3.05) is 6.54 Å². The van der Waals surface area contributed by atoms with Gasteiger partial charge in [0.2, 0.25) is 5.91 Å². The molecule has 1 aromatic carbocycles. The third-order valence-corrected chi connectivity index (χ3v) is 5.24. The van der Waals surface area contributed by atoms with Gasteiger partial charge in [0.25, 0.3) is 0 Å². The lowest BCUT2D eigenvalue weighted by molar-refractivity contribution is -0.136. The molecule has 1 aliphatic carbocycles. The number of likely N-dealkylation sites (tertiary alicyclic amines) is 1. The second kappa shape index (κ2) is 7.06. The largest absolute Gasteiger partial charge is 0.339 e. The van der Waals surface area contributed by atoms with E-state index in [4.69, 9.17) is 23.2 Å². The van der Waals surface area contributed by atoms with Gasteiger partial charge in [-0.15, -0.1) is 0 Å². The van der Waals surface area contributed by atoms with Gasteiger partial charge >= 0.3 is 0 Å². The van der Waals surface area contributed by atoms with Gasteiger partial charge < -0.3 is 4.90 Å². The Hall–Kier alpha value is -0.990. The Morgan fingerprint density at radius 2 is 2.00 bits per heavy atom. The fourth-order valence-corrected chi connectivity index (χ4v) is 3.38. The van der Waals surface area contributed by atoms with Crippen molar-refractivity contribution in [3.05, 3.63) is 39.9 Å². The van der Waals surface area contributed by atoms with Crippen molar-refractivity contribution in [2.45, 2.75) is 44.6 Å². The summed E-state index contributed by atoms with van der Waals surface area (Å²) in [4.78, 5) is 14.5. The van der Waals surface area contributed by atoms with Gasteiger partial charge in [0.1, 0.15) is 0 Å². The quantitative estimate of drug-likeness (QED) is 0.740. The third kappa shape index (κ3) is 3.85. The van der Waals surface area contributed by atoms with Gasteiger partial charge in [-0.3, -0.25) is 4.79 Å². The van der Waals surface area contributed by atoms with Crippen LogP contribution in [-0.2, 0) is 4.79 Å². The molecule has 2 aliphatic rings. The van der Waals surface area contributed by atoms with Crippen LogP contribution in [-0.4, -0.2) is 23.4 Å². The Morgan fingerprint density at radius 1 is 1.18 bits per heavy atom. The molecular weight excluding hydrogens is 317 g/mol. The van der Waals surface area contributed by atoms with Crippen molar-refractivity contribution < 1.29 is 4.79 Å². The summed E-state index contributed by atoms with van der Waals surface area (Å²) < 4.78 is 0. The van der Waals surface area contributed by atoms with E-state index in [-0.39, 0.29) is 0 Å². The molecule has 0 bridgehead atoms. The minimum absolute atomic E-state index is 0.319. The smallest absolute Gasteiger partial charge is 0.225 e. The normalized spacial score (nSPS) is 22.3. The van der Waals surface area contributed by atoms with Crippen LogP contribution >= 0.6 is 23.2 Å². The van der Waals surface area contributed by atoms with Crippen LogP contribution in [0.15, 0.2) is 24.3 Å². The Labute approximate surface area is 142 Å². The van der Waals surface area contributed by atoms with E-state index in [1.165, 1.54) is 6.42 Å². The molecule has 22 heavy (non-hydrogen) atoms. The van der Waals surface area contributed by atoms with Crippen LogP contribution in [0.25, 0.3) is 6.08 Å². The SMILES string of the molecule is O=C(C1CC1)N1CCCCC1CC=Cc1ccc(Cl)c(Cl)c1. The molecule has 0 spiro atoms. The first-order chi connectivity index (χ1) is 10.6. The maximum Gasteiger partial charge on any atom is 0.225 e. The standard InChI is InChI=1S/C18H21Cl2NO/c19-16-10-7-13(12-17(16)20)4-3-6-15-5-1-2-11-21(15)18(22)14-8-9-14/h3-4,7,10,12,14-15H,1-2,5-6,8-9,11H2. The lowest BCUT2D eigenvalue weighted by Crippen LogP contribution is -2.44. The number of benzene rings is 1. The summed E-state index contributed by atoms with van der Waals surface area (Å²) in [7, 11) is 0. The Bertz CT molecular complexity index is 580. The first kappa shape index (κ1) is 15.9. The highest BCUT2D eigenvalue weighted by atomic mass is 35.5. The van der Waals surface area contributed by atoms with Gasteiger partial charge in [-0.25, -0.2) is 0 Å². The van der Waals surface area contributed by atoms with E-state index in [9.17, 15) is 4.79 Å². The second-order valence-corrected chi connectivity index (χ2v) is 7.08. The molecule has 1 heterocycles. The molecule has 1 unspecified atom stereocenters. The van der Waals surface area contributed by atoms with Crippen molar-refractivity contribution in [1.82, 2.24) is 4.90 Å². The Balaban J connectivity index is 1.61. The fourth-order valence-electron chi connectivity index (χ4n) is 3.08. The topological polar surface area (TPSA) is 20.3 Å². The molecule has 2 fully saturated rings. The number of amides is 1. The monoisotopic (exact) mass is 337 g/mol. The van der Waals surface area contributed by atoms with Crippen LogP contribution in [0.5, 0.6) is 0 Å². The van der Waals surface area contributed by atoms with Gasteiger partial charge in [-0.1, -0.05) is 41.4 Å². The Morgan fingerprint density at radius 3 is 2.73 bits per heavy atom. The maximum absolute atomic E-state index is 12.4. The highest BCUT2D eigenvalue weighted by molar-refractivity contribution is 6.42. The zero-order chi connectivity index (χ0) is 15.5. The molecular formula is C18H21Cl2NO. The van der Waals surface area contributed by atoms with Crippen molar-refractivity contribution >= 4 is 35.2 Å². The van der Waals surface area contributed by atoms with E-state index >= 15 is 0 Å². The van der Waals surface area contributed by atoms with E-state index < -0.39 is 0 Å². The van der Waals surface area contributed by atoms with Crippen molar-refractivity contribution in [1.29, 1.82) is 0 Å². The predicted molar refractivity (Wildman–Crippen MR) is 92.2 cm³/mol. The van der Waals surface area contributed by atoms with E-state index in [1.807, 2.05) is 18.2 Å². The lowest BCUT2D eigenvalue weighted by atomic mass is 9.98. The van der Waals surface area contributed by atoms with Gasteiger partial charge in [-0.05, 0) is 56.2 Å². The van der Waals surface area contributed by atoms with Gasteiger partial charge in [-0.2, -0.15) is 0 Å². The van der Waals surface area contributed by atoms with Crippen LogP contribution in [0.2, 0.25) is 10.0 Å². The molecule has 1 saturated heterocycles. The second-order valence-electron chi connectivity index (χ2n) is 6.27. The first-order valence-electron chi connectivity index (χ1n) is 8.07. The van der Waals surface area contributed by atoms with E-state index in [1.54, 1.807) is 0 Å².